The molecular formula is C9H5N3O2. The first-order valence-electron chi connectivity index (χ1n) is 3.65. The number of rotatable bonds is 1. The number of aromatic nitrogens is 2. The lowest BCUT2D eigenvalue weighted by molar-refractivity contribution is 0.0683. The first-order valence-corrected chi connectivity index (χ1v) is 3.65. The number of carbonyl (C=O) groups is 1. The van der Waals surface area contributed by atoms with E-state index in [0.717, 1.165) is 0 Å². The molecule has 0 amide bonds. The molecule has 5 heteroatoms. The molecule has 0 saturated heterocycles. The van der Waals surface area contributed by atoms with E-state index < -0.39 is 5.97 Å². The van der Waals surface area contributed by atoms with Crippen molar-refractivity contribution in [2.24, 2.45) is 0 Å². The maximum atomic E-state index is 10.4. The van der Waals surface area contributed by atoms with Crippen molar-refractivity contribution < 1.29 is 9.90 Å². The summed E-state index contributed by atoms with van der Waals surface area (Å²) in [5.74, 6) is 3.74. The van der Waals surface area contributed by atoms with Gasteiger partial charge in [-0.25, -0.2) is 14.8 Å². The molecule has 0 aliphatic rings. The molecule has 1 aromatic rings. The third kappa shape index (κ3) is 2.58. The smallest absolute Gasteiger partial charge is 0.373 e. The zero-order valence-electron chi connectivity index (χ0n) is 7.06. The van der Waals surface area contributed by atoms with E-state index in [0.29, 0.717) is 5.56 Å². The Bertz CT molecular complexity index is 434. The number of carboxylic acid groups (broad SMARTS) is 1. The van der Waals surface area contributed by atoms with Crippen molar-refractivity contribution in [3.63, 3.8) is 0 Å². The Morgan fingerprint density at radius 2 is 2.14 bits per heavy atom. The molecule has 0 aromatic carbocycles. The molecular weight excluding hydrogens is 182 g/mol. The minimum Gasteiger partial charge on any atom is -0.475 e. The molecule has 1 rings (SSSR count). The average Bonchev–Trinajstić information content (AvgIpc) is 2.19. The molecule has 1 N–H and O–H groups in total. The van der Waals surface area contributed by atoms with Gasteiger partial charge in [0.25, 0.3) is 0 Å². The van der Waals surface area contributed by atoms with Crippen molar-refractivity contribution in [2.75, 3.05) is 0 Å². The van der Waals surface area contributed by atoms with E-state index in [9.17, 15) is 4.79 Å². The van der Waals surface area contributed by atoms with Crippen LogP contribution < -0.4 is 0 Å². The van der Waals surface area contributed by atoms with E-state index in [1.807, 2.05) is 6.07 Å². The summed E-state index contributed by atoms with van der Waals surface area (Å²) in [5.41, 5.74) is 0.491. The zero-order valence-corrected chi connectivity index (χ0v) is 7.06. The highest BCUT2D eigenvalue weighted by Gasteiger charge is 2.03. The van der Waals surface area contributed by atoms with Crippen LogP contribution in [-0.4, -0.2) is 21.0 Å². The van der Waals surface area contributed by atoms with E-state index in [-0.39, 0.29) is 12.2 Å². The van der Waals surface area contributed by atoms with Crippen LogP contribution in [0, 0.1) is 23.2 Å². The molecule has 1 aromatic heterocycles. The van der Waals surface area contributed by atoms with E-state index >= 15 is 0 Å². The average molecular weight is 187 g/mol. The van der Waals surface area contributed by atoms with Gasteiger partial charge in [0.15, 0.2) is 0 Å². The summed E-state index contributed by atoms with van der Waals surface area (Å²) < 4.78 is 0. The molecule has 5 nitrogen and oxygen atoms in total. The quantitative estimate of drug-likeness (QED) is 0.644. The Morgan fingerprint density at radius 3 is 2.64 bits per heavy atom. The third-order valence-electron chi connectivity index (χ3n) is 1.24. The molecule has 0 bridgehead atoms. The number of nitrogens with zero attached hydrogens (tertiary/aromatic N) is 3. The standard InChI is InChI=1S/C9H5N3O2/c10-4-2-1-3-7-5-11-8(9(13)14)12-6-7/h5-6H,2H2,(H,13,14). The Kier molecular flexibility index (Phi) is 3.17. The molecule has 0 atom stereocenters. The van der Waals surface area contributed by atoms with Crippen molar-refractivity contribution in [1.29, 1.82) is 5.26 Å². The van der Waals surface area contributed by atoms with Gasteiger partial charge in [-0.15, -0.1) is 0 Å². The number of nitriles is 1. The van der Waals surface area contributed by atoms with Gasteiger partial charge in [-0.3, -0.25) is 0 Å². The monoisotopic (exact) mass is 187 g/mol. The highest BCUT2D eigenvalue weighted by Crippen LogP contribution is 1.93. The summed E-state index contributed by atoms with van der Waals surface area (Å²) in [6, 6.07) is 1.86. The maximum absolute atomic E-state index is 10.4. The Hall–Kier alpha value is -2.40. The molecule has 0 aliphatic heterocycles. The van der Waals surface area contributed by atoms with Crippen LogP contribution in [-0.2, 0) is 0 Å². The van der Waals surface area contributed by atoms with Crippen LogP contribution in [0.15, 0.2) is 12.4 Å². The van der Waals surface area contributed by atoms with Gasteiger partial charge < -0.3 is 5.11 Å². The topological polar surface area (TPSA) is 86.9 Å². The molecule has 0 aliphatic carbocycles. The van der Waals surface area contributed by atoms with Gasteiger partial charge in [-0.1, -0.05) is 11.8 Å². The lowest BCUT2D eigenvalue weighted by Gasteiger charge is -1.91. The van der Waals surface area contributed by atoms with Gasteiger partial charge >= 0.3 is 5.97 Å². The highest BCUT2D eigenvalue weighted by molar-refractivity contribution is 5.82. The second kappa shape index (κ2) is 4.58. The van der Waals surface area contributed by atoms with Crippen molar-refractivity contribution in [1.82, 2.24) is 9.97 Å². The fourth-order valence-corrected chi connectivity index (χ4v) is 0.689. The maximum Gasteiger partial charge on any atom is 0.373 e. The SMILES string of the molecule is N#CCC#Cc1cnc(C(=O)O)nc1. The van der Waals surface area contributed by atoms with E-state index in [2.05, 4.69) is 21.8 Å². The Labute approximate surface area is 80.0 Å². The van der Waals surface area contributed by atoms with Gasteiger partial charge in [-0.05, 0) is 0 Å². The van der Waals surface area contributed by atoms with Crippen LogP contribution in [0.1, 0.15) is 22.6 Å². The van der Waals surface area contributed by atoms with E-state index in [1.54, 1.807) is 0 Å². The van der Waals surface area contributed by atoms with Gasteiger partial charge in [0.1, 0.15) is 0 Å². The van der Waals surface area contributed by atoms with Crippen LogP contribution in [0.2, 0.25) is 0 Å². The summed E-state index contributed by atoms with van der Waals surface area (Å²) >= 11 is 0. The van der Waals surface area contributed by atoms with Gasteiger partial charge in [0, 0.05) is 12.4 Å². The van der Waals surface area contributed by atoms with Crippen molar-refractivity contribution in [2.45, 2.75) is 6.42 Å². The second-order valence-electron chi connectivity index (χ2n) is 2.24. The first-order chi connectivity index (χ1) is 6.74. The summed E-state index contributed by atoms with van der Waals surface area (Å²) in [4.78, 5) is 17.5. The van der Waals surface area contributed by atoms with Crippen LogP contribution in [0.5, 0.6) is 0 Å². The minimum atomic E-state index is -1.18. The molecule has 0 unspecified atom stereocenters. The fourth-order valence-electron chi connectivity index (χ4n) is 0.689. The van der Waals surface area contributed by atoms with Crippen molar-refractivity contribution >= 4 is 5.97 Å². The predicted molar refractivity (Wildman–Crippen MR) is 46.1 cm³/mol. The summed E-state index contributed by atoms with van der Waals surface area (Å²) in [5, 5.41) is 16.7. The third-order valence-corrected chi connectivity index (χ3v) is 1.24. The minimum absolute atomic E-state index is 0.126. The first kappa shape index (κ1) is 9.69. The summed E-state index contributed by atoms with van der Waals surface area (Å²) in [6.45, 7) is 0. The fraction of sp³-hybridized carbons (Fsp3) is 0.111. The van der Waals surface area contributed by atoms with Crippen LogP contribution in [0.25, 0.3) is 0 Å². The molecule has 0 radical (unpaired) electrons. The molecule has 68 valence electrons. The largest absolute Gasteiger partial charge is 0.475 e. The van der Waals surface area contributed by atoms with Gasteiger partial charge in [-0.2, -0.15) is 5.26 Å². The molecule has 0 saturated carbocycles. The number of hydrogen-bond acceptors (Lipinski definition) is 4. The second-order valence-corrected chi connectivity index (χ2v) is 2.24. The lowest BCUT2D eigenvalue weighted by atomic mass is 10.3. The van der Waals surface area contributed by atoms with Crippen LogP contribution in [0.3, 0.4) is 0 Å². The molecule has 0 spiro atoms. The number of aromatic carboxylic acids is 1. The van der Waals surface area contributed by atoms with E-state index in [1.165, 1.54) is 12.4 Å². The van der Waals surface area contributed by atoms with Crippen LogP contribution in [0.4, 0.5) is 0 Å². The Balaban J connectivity index is 2.81. The lowest BCUT2D eigenvalue weighted by Crippen LogP contribution is -2.03. The van der Waals surface area contributed by atoms with Crippen molar-refractivity contribution in [3.8, 4) is 17.9 Å². The summed E-state index contributed by atoms with van der Waals surface area (Å²) in [7, 11) is 0. The Morgan fingerprint density at radius 1 is 1.50 bits per heavy atom. The molecule has 14 heavy (non-hydrogen) atoms. The number of carboxylic acids is 1. The summed E-state index contributed by atoms with van der Waals surface area (Å²) in [6.07, 6.45) is 2.74. The highest BCUT2D eigenvalue weighted by atomic mass is 16.4. The van der Waals surface area contributed by atoms with E-state index in [4.69, 9.17) is 10.4 Å². The van der Waals surface area contributed by atoms with Crippen molar-refractivity contribution in [3.05, 3.63) is 23.8 Å². The zero-order chi connectivity index (χ0) is 10.4. The molecule has 0 fully saturated rings. The predicted octanol–water partition coefficient (Wildman–Crippen LogP) is 0.440. The number of hydrogen-bond donors (Lipinski definition) is 1. The normalized spacial score (nSPS) is 8.21. The van der Waals surface area contributed by atoms with Gasteiger partial charge in [0.2, 0.25) is 5.82 Å². The van der Waals surface area contributed by atoms with Gasteiger partial charge in [0.05, 0.1) is 18.1 Å². The van der Waals surface area contributed by atoms with Crippen LogP contribution >= 0.6 is 0 Å². The molecule has 1 heterocycles.